The van der Waals surface area contributed by atoms with Gasteiger partial charge in [-0.3, -0.25) is 0 Å². The van der Waals surface area contributed by atoms with Crippen LogP contribution in [0.3, 0.4) is 0 Å². The number of amides is 2. The van der Waals surface area contributed by atoms with Crippen LogP contribution in [-0.2, 0) is 6.18 Å². The predicted molar refractivity (Wildman–Crippen MR) is 118 cm³/mol. The first-order valence-corrected chi connectivity index (χ1v) is 10.9. The van der Waals surface area contributed by atoms with Gasteiger partial charge in [0.15, 0.2) is 0 Å². The highest BCUT2D eigenvalue weighted by Crippen LogP contribution is 2.34. The van der Waals surface area contributed by atoms with Gasteiger partial charge in [-0.2, -0.15) is 24.5 Å². The number of carbonyl (C=O) groups excluding carboxylic acids is 1. The van der Waals surface area contributed by atoms with Crippen molar-refractivity contribution in [3.05, 3.63) is 70.4 Å². The number of urea groups is 1. The number of hydrogen-bond acceptors (Lipinski definition) is 3. The molecule has 1 heterocycles. The van der Waals surface area contributed by atoms with Crippen molar-refractivity contribution in [2.45, 2.75) is 38.0 Å². The lowest BCUT2D eigenvalue weighted by Crippen LogP contribution is -2.22. The van der Waals surface area contributed by atoms with E-state index >= 15 is 0 Å². The van der Waals surface area contributed by atoms with Crippen LogP contribution < -0.4 is 16.0 Å². The van der Waals surface area contributed by atoms with Gasteiger partial charge in [-0.15, -0.1) is 0 Å². The van der Waals surface area contributed by atoms with Crippen LogP contribution >= 0.6 is 11.3 Å². The summed E-state index contributed by atoms with van der Waals surface area (Å²) in [5.74, 6) is 0. The Morgan fingerprint density at radius 1 is 1.10 bits per heavy atom. The van der Waals surface area contributed by atoms with Gasteiger partial charge in [0, 0.05) is 23.3 Å². The summed E-state index contributed by atoms with van der Waals surface area (Å²) >= 11 is 1.55. The first-order chi connectivity index (χ1) is 14.8. The van der Waals surface area contributed by atoms with E-state index in [1.54, 1.807) is 11.3 Å². The van der Waals surface area contributed by atoms with E-state index in [0.29, 0.717) is 11.7 Å². The maximum atomic E-state index is 12.9. The summed E-state index contributed by atoms with van der Waals surface area (Å²) in [7, 11) is 0. The van der Waals surface area contributed by atoms with Crippen LogP contribution in [0.4, 0.5) is 29.3 Å². The highest BCUT2D eigenvalue weighted by Gasteiger charge is 2.30. The number of anilines is 2. The lowest BCUT2D eigenvalue weighted by molar-refractivity contribution is -0.137. The molecule has 1 fully saturated rings. The second-order valence-corrected chi connectivity index (χ2v) is 8.42. The van der Waals surface area contributed by atoms with E-state index in [4.69, 9.17) is 0 Å². The van der Waals surface area contributed by atoms with E-state index in [1.165, 1.54) is 25.0 Å². The Kier molecular flexibility index (Phi) is 6.02. The molecule has 2 amide bonds. The average molecular weight is 446 g/mol. The minimum atomic E-state index is -4.47. The monoisotopic (exact) mass is 445 g/mol. The topological polar surface area (TPSA) is 53.2 Å². The molecule has 0 aliphatic heterocycles. The Balaban J connectivity index is 1.56. The van der Waals surface area contributed by atoms with E-state index in [2.05, 4.69) is 22.9 Å². The molecule has 1 aliphatic carbocycles. The van der Waals surface area contributed by atoms with Gasteiger partial charge in [0.05, 0.1) is 11.3 Å². The second-order valence-electron chi connectivity index (χ2n) is 7.64. The zero-order chi connectivity index (χ0) is 22.0. The van der Waals surface area contributed by atoms with Crippen LogP contribution in [0.25, 0.3) is 11.1 Å². The number of thiophene rings is 1. The fraction of sp³-hybridized carbons (Fsp3) is 0.261. The molecule has 1 aromatic heterocycles. The summed E-state index contributed by atoms with van der Waals surface area (Å²) in [4.78, 5) is 12.6. The van der Waals surface area contributed by atoms with Crippen molar-refractivity contribution in [2.24, 2.45) is 0 Å². The number of halogens is 3. The molecule has 0 spiro atoms. The molecular formula is C23H22F3N3OS. The van der Waals surface area contributed by atoms with Crippen molar-refractivity contribution in [2.75, 3.05) is 10.6 Å². The van der Waals surface area contributed by atoms with Crippen LogP contribution in [-0.4, -0.2) is 12.1 Å². The van der Waals surface area contributed by atoms with Crippen LogP contribution in [0.2, 0.25) is 0 Å². The van der Waals surface area contributed by atoms with E-state index in [0.717, 1.165) is 28.8 Å². The summed E-state index contributed by atoms with van der Waals surface area (Å²) in [6, 6.07) is 12.5. The van der Waals surface area contributed by atoms with Gasteiger partial charge in [-0.05, 0) is 72.0 Å². The Morgan fingerprint density at radius 3 is 2.58 bits per heavy atom. The SMILES string of the molecule is CC(NC1CC1)c1ccc(-c2ccsc2)c(NC(=O)Nc2cccc(C(F)(F)F)c2)c1. The minimum absolute atomic E-state index is 0.0735. The molecule has 1 aliphatic rings. The highest BCUT2D eigenvalue weighted by atomic mass is 32.1. The van der Waals surface area contributed by atoms with Gasteiger partial charge in [0.25, 0.3) is 0 Å². The van der Waals surface area contributed by atoms with Crippen molar-refractivity contribution in [1.82, 2.24) is 5.32 Å². The Hall–Kier alpha value is -2.84. The molecule has 2 aromatic carbocycles. The quantitative estimate of drug-likeness (QED) is 0.387. The van der Waals surface area contributed by atoms with Crippen LogP contribution in [0.1, 0.15) is 36.9 Å². The van der Waals surface area contributed by atoms with Gasteiger partial charge in [0.2, 0.25) is 0 Å². The van der Waals surface area contributed by atoms with Crippen LogP contribution in [0.15, 0.2) is 59.3 Å². The van der Waals surface area contributed by atoms with Crippen molar-refractivity contribution in [3.8, 4) is 11.1 Å². The second kappa shape index (κ2) is 8.72. The van der Waals surface area contributed by atoms with Crippen LogP contribution in [0, 0.1) is 0 Å². The van der Waals surface area contributed by atoms with Crippen molar-refractivity contribution >= 4 is 28.7 Å². The standard InChI is InChI=1S/C23H22F3N3OS/c1-14(27-18-6-7-18)15-5-8-20(16-9-10-31-13-16)21(11-15)29-22(30)28-19-4-2-3-17(12-19)23(24,25)26/h2-5,8-14,18,27H,6-7H2,1H3,(H2,28,29,30). The van der Waals surface area contributed by atoms with Crippen LogP contribution in [0.5, 0.6) is 0 Å². The number of hydrogen-bond donors (Lipinski definition) is 3. The molecule has 8 heteroatoms. The molecule has 3 N–H and O–H groups in total. The normalized spacial score (nSPS) is 14.8. The Morgan fingerprint density at radius 2 is 1.90 bits per heavy atom. The molecule has 0 radical (unpaired) electrons. The number of alkyl halides is 3. The van der Waals surface area contributed by atoms with E-state index in [-0.39, 0.29) is 11.7 Å². The molecule has 0 bridgehead atoms. The first-order valence-electron chi connectivity index (χ1n) is 9.97. The molecular weight excluding hydrogens is 423 g/mol. The highest BCUT2D eigenvalue weighted by molar-refractivity contribution is 7.08. The minimum Gasteiger partial charge on any atom is -0.308 e. The molecule has 31 heavy (non-hydrogen) atoms. The van der Waals surface area contributed by atoms with Crippen molar-refractivity contribution in [3.63, 3.8) is 0 Å². The number of nitrogens with one attached hydrogen (secondary N) is 3. The zero-order valence-corrected chi connectivity index (χ0v) is 17.6. The molecule has 162 valence electrons. The third-order valence-corrected chi connectivity index (χ3v) is 5.82. The Labute approximate surface area is 182 Å². The van der Waals surface area contributed by atoms with Gasteiger partial charge >= 0.3 is 12.2 Å². The maximum absolute atomic E-state index is 12.9. The van der Waals surface area contributed by atoms with Gasteiger partial charge < -0.3 is 16.0 Å². The lowest BCUT2D eigenvalue weighted by atomic mass is 10.0. The van der Waals surface area contributed by atoms with Gasteiger partial charge in [0.1, 0.15) is 0 Å². The van der Waals surface area contributed by atoms with E-state index in [9.17, 15) is 18.0 Å². The molecule has 1 atom stereocenters. The van der Waals surface area contributed by atoms with E-state index in [1.807, 2.05) is 35.0 Å². The number of carbonyl (C=O) groups is 1. The predicted octanol–water partition coefficient (Wildman–Crippen LogP) is 6.89. The fourth-order valence-corrected chi connectivity index (χ4v) is 4.02. The Bertz CT molecular complexity index is 1060. The van der Waals surface area contributed by atoms with E-state index < -0.39 is 17.8 Å². The molecule has 3 aromatic rings. The summed E-state index contributed by atoms with van der Waals surface area (Å²) in [6.07, 6.45) is -2.14. The third-order valence-electron chi connectivity index (χ3n) is 5.13. The van der Waals surface area contributed by atoms with Crippen molar-refractivity contribution < 1.29 is 18.0 Å². The lowest BCUT2D eigenvalue weighted by Gasteiger charge is -2.18. The molecule has 0 saturated heterocycles. The number of rotatable bonds is 6. The fourth-order valence-electron chi connectivity index (χ4n) is 3.36. The maximum Gasteiger partial charge on any atom is 0.416 e. The van der Waals surface area contributed by atoms with Gasteiger partial charge in [-0.25, -0.2) is 4.79 Å². The third kappa shape index (κ3) is 5.45. The largest absolute Gasteiger partial charge is 0.416 e. The van der Waals surface area contributed by atoms with Gasteiger partial charge in [-0.1, -0.05) is 18.2 Å². The summed E-state index contributed by atoms with van der Waals surface area (Å²) in [5, 5.41) is 12.8. The summed E-state index contributed by atoms with van der Waals surface area (Å²) in [5.41, 5.74) is 2.71. The molecule has 1 unspecified atom stereocenters. The zero-order valence-electron chi connectivity index (χ0n) is 16.8. The van der Waals surface area contributed by atoms with Crippen molar-refractivity contribution in [1.29, 1.82) is 0 Å². The number of benzene rings is 2. The first kappa shape index (κ1) is 21.4. The molecule has 4 rings (SSSR count). The average Bonchev–Trinajstić information content (AvgIpc) is 3.36. The molecule has 1 saturated carbocycles. The molecule has 4 nitrogen and oxygen atoms in total. The smallest absolute Gasteiger partial charge is 0.308 e. The summed E-state index contributed by atoms with van der Waals surface area (Å²) in [6.45, 7) is 2.07. The summed E-state index contributed by atoms with van der Waals surface area (Å²) < 4.78 is 38.8.